The Morgan fingerprint density at radius 1 is 0.507 bits per heavy atom. The zero-order valence-corrected chi connectivity index (χ0v) is 43.7. The number of aryl methyl sites for hydroxylation is 2. The van der Waals surface area contributed by atoms with Crippen LogP contribution in [0, 0.1) is 24.7 Å². The topological polar surface area (TPSA) is 120 Å². The average Bonchev–Trinajstić information content (AvgIpc) is 3.18. The monoisotopic (exact) mass is 927 g/mol. The zero-order chi connectivity index (χ0) is 49.4. The first-order chi connectivity index (χ1) is 31.3. The standard InChI is InChI=1S/C28H39N5.C21H31ClN4.C7H9N/c1-21-13-15-23(16-14-21)29-26-30-24(19-33(7)18-22-11-9-8-10-12-22)17-25(31-26)32-28(5,6)20-27(2,3)4;1-20(2,3)15-21(4,5)25-18-12-17(23-19(22)24-18)14-26(6)13-16-10-8-7-9-11-16;1-6-2-4-7(8)5-3-6/h8-17H,18-20H2,1-7H3,(H2,29,30,31,32);7-12H,13-15H2,1-6H3,(H,23,24,25);2-5H,8H2,1H3. The minimum Gasteiger partial charge on any atom is -0.399 e. The lowest BCUT2D eigenvalue weighted by Gasteiger charge is -2.34. The van der Waals surface area contributed by atoms with E-state index < -0.39 is 0 Å². The van der Waals surface area contributed by atoms with E-state index >= 15 is 0 Å². The van der Waals surface area contributed by atoms with Gasteiger partial charge in [-0.1, -0.05) is 138 Å². The van der Waals surface area contributed by atoms with Crippen LogP contribution in [-0.2, 0) is 26.2 Å². The minimum absolute atomic E-state index is 0.0802. The molecule has 0 fully saturated rings. The molecular weight excluding hydrogens is 848 g/mol. The second kappa shape index (κ2) is 24.5. The molecule has 0 aliphatic heterocycles. The number of hydrogen-bond acceptors (Lipinski definition) is 10. The minimum atomic E-state index is -0.0963. The number of hydrogen-bond donors (Lipinski definition) is 4. The molecule has 0 bridgehead atoms. The van der Waals surface area contributed by atoms with Crippen molar-refractivity contribution in [1.82, 2.24) is 29.7 Å². The summed E-state index contributed by atoms with van der Waals surface area (Å²) in [7, 11) is 4.21. The van der Waals surface area contributed by atoms with E-state index in [4.69, 9.17) is 27.3 Å². The highest BCUT2D eigenvalue weighted by Gasteiger charge is 2.27. The zero-order valence-electron chi connectivity index (χ0n) is 42.9. The highest BCUT2D eigenvalue weighted by Crippen LogP contribution is 2.31. The van der Waals surface area contributed by atoms with Gasteiger partial charge in [0.25, 0.3) is 0 Å². The number of anilines is 5. The Bertz CT molecular complexity index is 2350. The van der Waals surface area contributed by atoms with E-state index in [9.17, 15) is 0 Å². The van der Waals surface area contributed by atoms with Crippen LogP contribution in [0.25, 0.3) is 0 Å². The van der Waals surface area contributed by atoms with Crippen LogP contribution in [0.2, 0.25) is 5.28 Å². The third kappa shape index (κ3) is 22.2. The maximum absolute atomic E-state index is 6.17. The van der Waals surface area contributed by atoms with Crippen LogP contribution in [0.15, 0.2) is 121 Å². The summed E-state index contributed by atoms with van der Waals surface area (Å²) in [6.07, 6.45) is 2.04. The number of aromatic nitrogens is 4. The van der Waals surface area contributed by atoms with Gasteiger partial charge in [0.05, 0.1) is 11.4 Å². The maximum atomic E-state index is 6.17. The molecule has 2 aromatic heterocycles. The van der Waals surface area contributed by atoms with Gasteiger partial charge in [-0.05, 0) is 126 Å². The smallest absolute Gasteiger partial charge is 0.229 e. The Labute approximate surface area is 408 Å². The van der Waals surface area contributed by atoms with Gasteiger partial charge in [0, 0.05) is 60.8 Å². The lowest BCUT2D eigenvalue weighted by molar-refractivity contribution is 0.301. The Kier molecular flexibility index (Phi) is 19.7. The third-order valence-corrected chi connectivity index (χ3v) is 10.4. The largest absolute Gasteiger partial charge is 0.399 e. The number of nitrogens with zero attached hydrogens (tertiary/aromatic N) is 6. The summed E-state index contributed by atoms with van der Waals surface area (Å²) in [5, 5.41) is 10.9. The molecule has 0 unspecified atom stereocenters. The van der Waals surface area contributed by atoms with Crippen LogP contribution >= 0.6 is 11.6 Å². The van der Waals surface area contributed by atoms with Crippen molar-refractivity contribution in [1.29, 1.82) is 0 Å². The van der Waals surface area contributed by atoms with Gasteiger partial charge < -0.3 is 21.7 Å². The van der Waals surface area contributed by atoms with Crippen LogP contribution < -0.4 is 21.7 Å². The number of halogens is 1. The van der Waals surface area contributed by atoms with Gasteiger partial charge >= 0.3 is 0 Å². The Balaban J connectivity index is 0.000000255. The number of rotatable bonds is 16. The predicted molar refractivity (Wildman–Crippen MR) is 286 cm³/mol. The van der Waals surface area contributed by atoms with Gasteiger partial charge in [-0.25, -0.2) is 15.0 Å². The molecular formula is C56H79ClN10. The molecule has 0 atom stereocenters. The summed E-state index contributed by atoms with van der Waals surface area (Å²) in [6.45, 7) is 29.7. The molecule has 6 aromatic rings. The van der Waals surface area contributed by atoms with Crippen molar-refractivity contribution in [2.75, 3.05) is 35.8 Å². The van der Waals surface area contributed by atoms with E-state index in [0.29, 0.717) is 12.5 Å². The van der Waals surface area contributed by atoms with Crippen molar-refractivity contribution in [2.45, 2.75) is 133 Å². The van der Waals surface area contributed by atoms with E-state index in [2.05, 4.69) is 205 Å². The van der Waals surface area contributed by atoms with E-state index in [-0.39, 0.29) is 27.2 Å². The number of nitrogens with one attached hydrogen (secondary N) is 3. The van der Waals surface area contributed by atoms with Crippen molar-refractivity contribution in [3.63, 3.8) is 0 Å². The fourth-order valence-electron chi connectivity index (χ4n) is 8.53. The lowest BCUT2D eigenvalue weighted by atomic mass is 9.82. The van der Waals surface area contributed by atoms with Crippen LogP contribution in [-0.4, -0.2) is 54.9 Å². The quantitative estimate of drug-likeness (QED) is 0.0552. The SMILES string of the molecule is CN(Cc1ccccc1)Cc1cc(NC(C)(C)CC(C)(C)C)nc(Cl)n1.Cc1ccc(N)cc1.Cc1ccc(Nc2nc(CN(C)Cc3ccccc3)cc(NC(C)(C)CC(C)(C)C)n2)cc1. The van der Waals surface area contributed by atoms with Gasteiger partial charge in [0.15, 0.2) is 0 Å². The van der Waals surface area contributed by atoms with Crippen LogP contribution in [0.5, 0.6) is 0 Å². The van der Waals surface area contributed by atoms with Crippen LogP contribution in [0.4, 0.5) is 29.0 Å². The van der Waals surface area contributed by atoms with Crippen LogP contribution in [0.1, 0.15) is 116 Å². The van der Waals surface area contributed by atoms with Gasteiger partial charge in [-0.2, -0.15) is 4.98 Å². The molecule has 67 heavy (non-hydrogen) atoms. The highest BCUT2D eigenvalue weighted by molar-refractivity contribution is 6.28. The first-order valence-corrected chi connectivity index (χ1v) is 23.8. The molecule has 0 spiro atoms. The van der Waals surface area contributed by atoms with Gasteiger partial charge in [0.2, 0.25) is 11.2 Å². The summed E-state index contributed by atoms with van der Waals surface area (Å²) in [5.74, 6) is 2.23. The lowest BCUT2D eigenvalue weighted by Crippen LogP contribution is -2.36. The van der Waals surface area contributed by atoms with Crippen molar-refractivity contribution in [3.8, 4) is 0 Å². The molecule has 0 radical (unpaired) electrons. The van der Waals surface area contributed by atoms with E-state index in [1.54, 1.807) is 0 Å². The van der Waals surface area contributed by atoms with Gasteiger partial charge in [-0.3, -0.25) is 9.80 Å². The number of benzene rings is 4. The molecule has 0 amide bonds. The average molecular weight is 928 g/mol. The third-order valence-electron chi connectivity index (χ3n) is 10.2. The fourth-order valence-corrected chi connectivity index (χ4v) is 8.73. The Morgan fingerprint density at radius 2 is 0.910 bits per heavy atom. The second-order valence-electron chi connectivity index (χ2n) is 21.8. The van der Waals surface area contributed by atoms with Crippen LogP contribution in [0.3, 0.4) is 0 Å². The van der Waals surface area contributed by atoms with E-state index in [1.165, 1.54) is 22.3 Å². The number of nitrogen functional groups attached to an aromatic ring is 1. The molecule has 0 saturated carbocycles. The van der Waals surface area contributed by atoms with E-state index in [1.807, 2.05) is 49.4 Å². The predicted octanol–water partition coefficient (Wildman–Crippen LogP) is 13.8. The first-order valence-electron chi connectivity index (χ1n) is 23.4. The summed E-state index contributed by atoms with van der Waals surface area (Å²) in [4.78, 5) is 22.9. The molecule has 5 N–H and O–H groups in total. The molecule has 6 rings (SSSR count). The summed E-state index contributed by atoms with van der Waals surface area (Å²) < 4.78 is 0. The maximum Gasteiger partial charge on any atom is 0.229 e. The fraction of sp³-hybridized carbons (Fsp3) is 0.429. The second-order valence-corrected chi connectivity index (χ2v) is 22.1. The normalized spacial score (nSPS) is 11.9. The van der Waals surface area contributed by atoms with E-state index in [0.717, 1.165) is 66.9 Å². The summed E-state index contributed by atoms with van der Waals surface area (Å²) in [5.41, 5.74) is 14.4. The van der Waals surface area contributed by atoms with Crippen molar-refractivity contribution in [2.24, 2.45) is 10.8 Å². The van der Waals surface area contributed by atoms with Crippen molar-refractivity contribution < 1.29 is 0 Å². The summed E-state index contributed by atoms with van der Waals surface area (Å²) in [6, 6.07) is 41.1. The Hall–Kier alpha value is -5.55. The molecule has 0 aliphatic carbocycles. The van der Waals surface area contributed by atoms with Crippen molar-refractivity contribution >= 4 is 40.6 Å². The molecule has 360 valence electrons. The molecule has 4 aromatic carbocycles. The summed E-state index contributed by atoms with van der Waals surface area (Å²) >= 11 is 6.17. The Morgan fingerprint density at radius 3 is 1.33 bits per heavy atom. The molecule has 0 aliphatic rings. The van der Waals surface area contributed by atoms with Gasteiger partial charge in [-0.15, -0.1) is 0 Å². The first kappa shape index (κ1) is 54.1. The highest BCUT2D eigenvalue weighted by atomic mass is 35.5. The molecule has 0 saturated heterocycles. The molecule has 11 heteroatoms. The molecule has 2 heterocycles. The number of nitrogens with two attached hydrogens (primary N) is 1. The van der Waals surface area contributed by atoms with Crippen molar-refractivity contribution in [3.05, 3.63) is 160 Å². The molecule has 10 nitrogen and oxygen atoms in total. The van der Waals surface area contributed by atoms with Gasteiger partial charge in [0.1, 0.15) is 11.6 Å².